The standard InChI is InChI=1S/C31H34N4O2/c1-3-34(4-2)20-12-19-32-27(36)21-35-30(23-15-8-9-16-24(23)31(35)37)28-25-17-10-11-18-26(25)33-29(28)22-13-6-5-7-14-22/h5-11,13-18,30,33H,3-4,12,19-21H2,1-2H3,(H,32,36)/t30-/m0/s1. The predicted octanol–water partition coefficient (Wildman–Crippen LogP) is 5.23. The molecule has 3 aromatic carbocycles. The Balaban J connectivity index is 1.49. The second-order valence-electron chi connectivity index (χ2n) is 9.48. The summed E-state index contributed by atoms with van der Waals surface area (Å²) in [7, 11) is 0. The van der Waals surface area contributed by atoms with Gasteiger partial charge in [0.1, 0.15) is 6.54 Å². The normalized spacial score (nSPS) is 14.9. The van der Waals surface area contributed by atoms with Gasteiger partial charge in [-0.3, -0.25) is 9.59 Å². The fraction of sp³-hybridized carbons (Fsp3) is 0.290. The average Bonchev–Trinajstić information content (AvgIpc) is 3.44. The van der Waals surface area contributed by atoms with Crippen molar-refractivity contribution in [3.8, 4) is 11.3 Å². The van der Waals surface area contributed by atoms with Crippen molar-refractivity contribution in [2.75, 3.05) is 32.7 Å². The van der Waals surface area contributed by atoms with Gasteiger partial charge in [-0.25, -0.2) is 0 Å². The minimum absolute atomic E-state index is 0.0111. The Morgan fingerprint density at radius 3 is 2.43 bits per heavy atom. The maximum Gasteiger partial charge on any atom is 0.255 e. The Labute approximate surface area is 218 Å². The molecule has 0 spiro atoms. The van der Waals surface area contributed by atoms with Gasteiger partial charge in [0.15, 0.2) is 0 Å². The lowest BCUT2D eigenvalue weighted by molar-refractivity contribution is -0.122. The molecule has 1 aromatic heterocycles. The van der Waals surface area contributed by atoms with Crippen molar-refractivity contribution in [3.05, 3.63) is 95.6 Å². The number of H-pyrrole nitrogens is 1. The molecule has 1 atom stereocenters. The number of carbonyl (C=O) groups is 2. The van der Waals surface area contributed by atoms with E-state index < -0.39 is 0 Å². The van der Waals surface area contributed by atoms with Gasteiger partial charge < -0.3 is 20.1 Å². The van der Waals surface area contributed by atoms with E-state index in [1.54, 1.807) is 4.90 Å². The monoisotopic (exact) mass is 494 g/mol. The zero-order valence-electron chi connectivity index (χ0n) is 21.5. The number of hydrogen-bond donors (Lipinski definition) is 2. The Morgan fingerprint density at radius 2 is 1.65 bits per heavy atom. The van der Waals surface area contributed by atoms with Crippen LogP contribution in [0.15, 0.2) is 78.9 Å². The second kappa shape index (κ2) is 11.0. The Kier molecular flexibility index (Phi) is 7.37. The molecule has 0 fully saturated rings. The molecule has 0 saturated carbocycles. The molecule has 6 heteroatoms. The van der Waals surface area contributed by atoms with Crippen LogP contribution < -0.4 is 5.32 Å². The number of hydrogen-bond acceptors (Lipinski definition) is 3. The van der Waals surface area contributed by atoms with Gasteiger partial charge in [-0.05, 0) is 49.3 Å². The van der Waals surface area contributed by atoms with E-state index in [1.807, 2.05) is 54.6 Å². The first kappa shape index (κ1) is 24.8. The van der Waals surface area contributed by atoms with Gasteiger partial charge in [0, 0.05) is 28.6 Å². The van der Waals surface area contributed by atoms with Crippen molar-refractivity contribution < 1.29 is 9.59 Å². The lowest BCUT2D eigenvalue weighted by Gasteiger charge is -2.26. The molecule has 37 heavy (non-hydrogen) atoms. The quantitative estimate of drug-likeness (QED) is 0.297. The summed E-state index contributed by atoms with van der Waals surface area (Å²) < 4.78 is 0. The van der Waals surface area contributed by atoms with Crippen molar-refractivity contribution >= 4 is 22.7 Å². The molecule has 0 aliphatic carbocycles. The number of fused-ring (bicyclic) bond motifs is 2. The molecule has 2 N–H and O–H groups in total. The number of carbonyl (C=O) groups excluding carboxylic acids is 2. The summed E-state index contributed by atoms with van der Waals surface area (Å²) in [4.78, 5) is 34.4. The summed E-state index contributed by atoms with van der Waals surface area (Å²) in [5.74, 6) is -0.241. The summed E-state index contributed by atoms with van der Waals surface area (Å²) in [6.07, 6.45) is 0.881. The molecule has 2 amide bonds. The van der Waals surface area contributed by atoms with Crippen LogP contribution in [0.3, 0.4) is 0 Å². The van der Waals surface area contributed by atoms with Gasteiger partial charge in [-0.1, -0.05) is 80.6 Å². The highest BCUT2D eigenvalue weighted by Crippen LogP contribution is 2.45. The Hall–Kier alpha value is -3.90. The highest BCUT2D eigenvalue weighted by Gasteiger charge is 2.40. The molecule has 0 radical (unpaired) electrons. The maximum atomic E-state index is 13.6. The number of nitrogens with one attached hydrogen (secondary N) is 2. The third kappa shape index (κ3) is 4.89. The summed E-state index contributed by atoms with van der Waals surface area (Å²) in [5.41, 5.74) is 5.64. The molecular formula is C31H34N4O2. The third-order valence-electron chi connectivity index (χ3n) is 7.32. The van der Waals surface area contributed by atoms with Crippen LogP contribution in [0.1, 0.15) is 47.8 Å². The number of rotatable bonds is 10. The lowest BCUT2D eigenvalue weighted by atomic mass is 9.93. The molecule has 0 unspecified atom stereocenters. The van der Waals surface area contributed by atoms with Crippen molar-refractivity contribution in [3.63, 3.8) is 0 Å². The molecule has 4 aromatic rings. The van der Waals surface area contributed by atoms with Crippen LogP contribution in [-0.4, -0.2) is 59.3 Å². The Morgan fingerprint density at radius 1 is 0.946 bits per heavy atom. The zero-order valence-corrected chi connectivity index (χ0v) is 21.5. The molecule has 0 bridgehead atoms. The lowest BCUT2D eigenvalue weighted by Crippen LogP contribution is -2.40. The highest BCUT2D eigenvalue weighted by molar-refractivity contribution is 6.03. The van der Waals surface area contributed by atoms with Gasteiger partial charge in [0.25, 0.3) is 5.91 Å². The SMILES string of the molecule is CCN(CC)CCCNC(=O)CN1C(=O)c2ccccc2[C@H]1c1c(-c2ccccc2)[nH]c2ccccc12. The first-order chi connectivity index (χ1) is 18.1. The molecule has 1 aliphatic heterocycles. The largest absolute Gasteiger partial charge is 0.355 e. The number of benzene rings is 3. The summed E-state index contributed by atoms with van der Waals surface area (Å²) >= 11 is 0. The maximum absolute atomic E-state index is 13.6. The minimum atomic E-state index is -0.364. The van der Waals surface area contributed by atoms with Crippen molar-refractivity contribution in [1.82, 2.24) is 20.1 Å². The number of nitrogens with zero attached hydrogens (tertiary/aromatic N) is 2. The third-order valence-corrected chi connectivity index (χ3v) is 7.32. The van der Waals surface area contributed by atoms with E-state index in [4.69, 9.17) is 0 Å². The van der Waals surface area contributed by atoms with Crippen molar-refractivity contribution in [1.29, 1.82) is 0 Å². The molecule has 6 nitrogen and oxygen atoms in total. The van der Waals surface area contributed by atoms with E-state index in [2.05, 4.69) is 53.3 Å². The van der Waals surface area contributed by atoms with Crippen LogP contribution in [0.4, 0.5) is 0 Å². The van der Waals surface area contributed by atoms with Gasteiger partial charge >= 0.3 is 0 Å². The number of aromatic nitrogens is 1. The molecule has 190 valence electrons. The average molecular weight is 495 g/mol. The fourth-order valence-electron chi connectivity index (χ4n) is 5.41. The highest BCUT2D eigenvalue weighted by atomic mass is 16.2. The van der Waals surface area contributed by atoms with Gasteiger partial charge in [0.2, 0.25) is 5.91 Å². The number of amides is 2. The first-order valence-electron chi connectivity index (χ1n) is 13.2. The topological polar surface area (TPSA) is 68.4 Å². The predicted molar refractivity (Wildman–Crippen MR) is 148 cm³/mol. The van der Waals surface area contributed by atoms with Gasteiger partial charge in [0.05, 0.1) is 11.7 Å². The van der Waals surface area contributed by atoms with E-state index >= 15 is 0 Å². The van der Waals surface area contributed by atoms with Crippen LogP contribution in [-0.2, 0) is 4.79 Å². The Bertz CT molecular complexity index is 1390. The fourth-order valence-corrected chi connectivity index (χ4v) is 5.41. The van der Waals surface area contributed by atoms with Crippen LogP contribution in [0, 0.1) is 0 Å². The molecule has 1 aliphatic rings. The summed E-state index contributed by atoms with van der Waals surface area (Å²) in [5, 5.41) is 4.10. The number of aromatic amines is 1. The van der Waals surface area contributed by atoms with Crippen LogP contribution in [0.5, 0.6) is 0 Å². The first-order valence-corrected chi connectivity index (χ1v) is 13.2. The van der Waals surface area contributed by atoms with Gasteiger partial charge in [-0.2, -0.15) is 0 Å². The molecular weight excluding hydrogens is 460 g/mol. The van der Waals surface area contributed by atoms with Crippen LogP contribution in [0.25, 0.3) is 22.2 Å². The zero-order chi connectivity index (χ0) is 25.8. The van der Waals surface area contributed by atoms with Gasteiger partial charge in [-0.15, -0.1) is 0 Å². The van der Waals surface area contributed by atoms with E-state index in [0.717, 1.165) is 59.3 Å². The minimum Gasteiger partial charge on any atom is -0.355 e. The van der Waals surface area contributed by atoms with E-state index in [9.17, 15) is 9.59 Å². The second-order valence-corrected chi connectivity index (χ2v) is 9.48. The van der Waals surface area contributed by atoms with E-state index in [0.29, 0.717) is 12.1 Å². The molecule has 2 heterocycles. The van der Waals surface area contributed by atoms with E-state index in [-0.39, 0.29) is 24.4 Å². The summed E-state index contributed by atoms with van der Waals surface area (Å²) in [6.45, 7) is 7.84. The summed E-state index contributed by atoms with van der Waals surface area (Å²) in [6, 6.07) is 25.7. The van der Waals surface area contributed by atoms with E-state index in [1.165, 1.54) is 0 Å². The smallest absolute Gasteiger partial charge is 0.255 e. The van der Waals surface area contributed by atoms with Crippen molar-refractivity contribution in [2.45, 2.75) is 26.3 Å². The van der Waals surface area contributed by atoms with Crippen LogP contribution >= 0.6 is 0 Å². The van der Waals surface area contributed by atoms with Crippen LogP contribution in [0.2, 0.25) is 0 Å². The molecule has 0 saturated heterocycles. The number of para-hydroxylation sites is 1. The van der Waals surface area contributed by atoms with Crippen molar-refractivity contribution in [2.24, 2.45) is 0 Å². The molecule has 5 rings (SSSR count).